The van der Waals surface area contributed by atoms with E-state index in [1.165, 1.54) is 0 Å². The van der Waals surface area contributed by atoms with Crippen LogP contribution in [0.25, 0.3) is 0 Å². The lowest BCUT2D eigenvalue weighted by Crippen LogP contribution is -2.48. The molecule has 0 saturated carbocycles. The van der Waals surface area contributed by atoms with Gasteiger partial charge in [-0.1, -0.05) is 6.07 Å². The molecule has 0 spiro atoms. The van der Waals surface area contributed by atoms with Gasteiger partial charge in [-0.15, -0.1) is 0 Å². The minimum atomic E-state index is 0.122. The summed E-state index contributed by atoms with van der Waals surface area (Å²) < 4.78 is 5.40. The molecule has 1 aliphatic rings. The lowest BCUT2D eigenvalue weighted by atomic mass is 10.2. The molecule has 0 aliphatic carbocycles. The first-order valence-corrected chi connectivity index (χ1v) is 8.31. The molecule has 3 rings (SSSR count). The number of carbonyl (C=O) groups excluding carboxylic acids is 1. The highest BCUT2D eigenvalue weighted by Gasteiger charge is 2.20. The predicted octanol–water partition coefficient (Wildman–Crippen LogP) is 2.21. The fourth-order valence-corrected chi connectivity index (χ4v) is 2.90. The number of piperazine rings is 1. The van der Waals surface area contributed by atoms with Gasteiger partial charge in [-0.2, -0.15) is 0 Å². The zero-order chi connectivity index (χ0) is 17.8. The summed E-state index contributed by atoms with van der Waals surface area (Å²) in [6.07, 6.45) is 1.55. The number of anilines is 3. The van der Waals surface area contributed by atoms with Gasteiger partial charge in [0.1, 0.15) is 23.7 Å². The minimum Gasteiger partial charge on any atom is -0.495 e. The Morgan fingerprint density at radius 2 is 1.92 bits per heavy atom. The van der Waals surface area contributed by atoms with Crippen molar-refractivity contribution >= 4 is 23.2 Å². The number of nitrogens with one attached hydrogen (secondary N) is 1. The van der Waals surface area contributed by atoms with Crippen LogP contribution in [0.5, 0.6) is 5.75 Å². The first-order valence-electron chi connectivity index (χ1n) is 8.31. The van der Waals surface area contributed by atoms with Crippen molar-refractivity contribution in [2.24, 2.45) is 0 Å². The van der Waals surface area contributed by atoms with E-state index in [9.17, 15) is 4.79 Å². The number of hydrogen-bond acceptors (Lipinski definition) is 6. The number of rotatable bonds is 4. The van der Waals surface area contributed by atoms with Gasteiger partial charge in [-0.25, -0.2) is 9.97 Å². The molecule has 1 amide bonds. The molecule has 0 bridgehead atoms. The summed E-state index contributed by atoms with van der Waals surface area (Å²) in [5.41, 5.74) is 2.01. The predicted molar refractivity (Wildman–Crippen MR) is 97.5 cm³/mol. The minimum absolute atomic E-state index is 0.122. The van der Waals surface area contributed by atoms with Gasteiger partial charge in [0, 0.05) is 39.2 Å². The SMILES string of the molecule is COc1ccc(C)cc1Nc1cc(N2CCN(C(C)=O)CC2)ncn1. The highest BCUT2D eigenvalue weighted by Crippen LogP contribution is 2.28. The normalized spacial score (nSPS) is 14.4. The second-order valence-corrected chi connectivity index (χ2v) is 6.08. The molecule has 0 radical (unpaired) electrons. The monoisotopic (exact) mass is 341 g/mol. The Labute approximate surface area is 147 Å². The zero-order valence-corrected chi connectivity index (χ0v) is 14.8. The van der Waals surface area contributed by atoms with Gasteiger partial charge >= 0.3 is 0 Å². The van der Waals surface area contributed by atoms with Gasteiger partial charge in [0.2, 0.25) is 5.91 Å². The molecule has 25 heavy (non-hydrogen) atoms. The third-order valence-corrected chi connectivity index (χ3v) is 4.32. The van der Waals surface area contributed by atoms with Crippen molar-refractivity contribution in [3.63, 3.8) is 0 Å². The molecule has 1 aliphatic heterocycles. The van der Waals surface area contributed by atoms with Crippen LogP contribution in [0.1, 0.15) is 12.5 Å². The summed E-state index contributed by atoms with van der Waals surface area (Å²) in [6, 6.07) is 7.88. The van der Waals surface area contributed by atoms with E-state index in [1.807, 2.05) is 36.1 Å². The molecule has 1 aromatic carbocycles. The molecule has 0 atom stereocenters. The molecule has 132 valence electrons. The quantitative estimate of drug-likeness (QED) is 0.919. The highest BCUT2D eigenvalue weighted by atomic mass is 16.5. The summed E-state index contributed by atoms with van der Waals surface area (Å²) >= 11 is 0. The third kappa shape index (κ3) is 3.99. The van der Waals surface area contributed by atoms with Crippen LogP contribution in [0.4, 0.5) is 17.3 Å². The van der Waals surface area contributed by atoms with E-state index in [2.05, 4.69) is 20.2 Å². The molecule has 2 aromatic rings. The molecule has 1 aromatic heterocycles. The average molecular weight is 341 g/mol. The van der Waals surface area contributed by atoms with E-state index < -0.39 is 0 Å². The number of aryl methyl sites for hydroxylation is 1. The van der Waals surface area contributed by atoms with E-state index in [-0.39, 0.29) is 5.91 Å². The molecule has 0 unspecified atom stereocenters. The van der Waals surface area contributed by atoms with Crippen molar-refractivity contribution < 1.29 is 9.53 Å². The molecule has 7 heteroatoms. The largest absolute Gasteiger partial charge is 0.495 e. The number of amides is 1. The number of carbonyl (C=O) groups is 1. The highest BCUT2D eigenvalue weighted by molar-refractivity contribution is 5.73. The van der Waals surface area contributed by atoms with Crippen molar-refractivity contribution in [2.75, 3.05) is 43.5 Å². The average Bonchev–Trinajstić information content (AvgIpc) is 2.62. The van der Waals surface area contributed by atoms with Gasteiger partial charge in [-0.05, 0) is 24.6 Å². The standard InChI is InChI=1S/C18H23N5O2/c1-13-4-5-16(25-3)15(10-13)21-17-11-18(20-12-19-17)23-8-6-22(7-9-23)14(2)24/h4-5,10-12H,6-9H2,1-3H3,(H,19,20,21). The fraction of sp³-hybridized carbons (Fsp3) is 0.389. The van der Waals surface area contributed by atoms with Crippen molar-refractivity contribution in [1.29, 1.82) is 0 Å². The van der Waals surface area contributed by atoms with Crippen LogP contribution in [0.3, 0.4) is 0 Å². The maximum Gasteiger partial charge on any atom is 0.219 e. The van der Waals surface area contributed by atoms with E-state index in [4.69, 9.17) is 4.74 Å². The van der Waals surface area contributed by atoms with Crippen LogP contribution >= 0.6 is 0 Å². The first kappa shape index (κ1) is 17.0. The van der Waals surface area contributed by atoms with Crippen LogP contribution in [0, 0.1) is 6.92 Å². The molecule has 1 N–H and O–H groups in total. The lowest BCUT2D eigenvalue weighted by molar-refractivity contribution is -0.129. The second kappa shape index (κ2) is 7.38. The molecule has 1 fully saturated rings. The maximum absolute atomic E-state index is 11.4. The Bertz CT molecular complexity index is 757. The Balaban J connectivity index is 1.74. The van der Waals surface area contributed by atoms with Crippen LogP contribution in [0.2, 0.25) is 0 Å². The van der Waals surface area contributed by atoms with Crippen LogP contribution in [-0.2, 0) is 4.79 Å². The van der Waals surface area contributed by atoms with E-state index in [0.717, 1.165) is 35.9 Å². The Hall–Kier alpha value is -2.83. The molecule has 7 nitrogen and oxygen atoms in total. The van der Waals surface area contributed by atoms with Crippen LogP contribution < -0.4 is 15.0 Å². The fourth-order valence-electron chi connectivity index (χ4n) is 2.90. The van der Waals surface area contributed by atoms with Gasteiger partial charge in [0.15, 0.2) is 0 Å². The number of methoxy groups -OCH3 is 1. The third-order valence-electron chi connectivity index (χ3n) is 4.32. The van der Waals surface area contributed by atoms with Crippen molar-refractivity contribution in [3.05, 3.63) is 36.2 Å². The number of benzene rings is 1. The van der Waals surface area contributed by atoms with Gasteiger partial charge in [0.05, 0.1) is 12.8 Å². The zero-order valence-electron chi connectivity index (χ0n) is 14.8. The van der Waals surface area contributed by atoms with Gasteiger partial charge in [-0.3, -0.25) is 4.79 Å². The molecular formula is C18H23N5O2. The van der Waals surface area contributed by atoms with E-state index >= 15 is 0 Å². The van der Waals surface area contributed by atoms with Crippen LogP contribution in [-0.4, -0.2) is 54.1 Å². The smallest absolute Gasteiger partial charge is 0.219 e. The first-order chi connectivity index (χ1) is 12.1. The Morgan fingerprint density at radius 3 is 2.60 bits per heavy atom. The number of ether oxygens (including phenoxy) is 1. The lowest BCUT2D eigenvalue weighted by Gasteiger charge is -2.34. The van der Waals surface area contributed by atoms with E-state index in [1.54, 1.807) is 20.4 Å². The van der Waals surface area contributed by atoms with Crippen molar-refractivity contribution in [3.8, 4) is 5.75 Å². The Morgan fingerprint density at radius 1 is 1.16 bits per heavy atom. The summed E-state index contributed by atoms with van der Waals surface area (Å²) in [7, 11) is 1.65. The summed E-state index contributed by atoms with van der Waals surface area (Å²) in [5, 5.41) is 3.30. The molecular weight excluding hydrogens is 318 g/mol. The number of nitrogens with zero attached hydrogens (tertiary/aromatic N) is 4. The summed E-state index contributed by atoms with van der Waals surface area (Å²) in [4.78, 5) is 24.2. The molecule has 2 heterocycles. The van der Waals surface area contributed by atoms with Gasteiger partial charge < -0.3 is 19.9 Å². The Kier molecular flexibility index (Phi) is 5.02. The van der Waals surface area contributed by atoms with E-state index in [0.29, 0.717) is 18.9 Å². The van der Waals surface area contributed by atoms with Gasteiger partial charge in [0.25, 0.3) is 0 Å². The summed E-state index contributed by atoms with van der Waals surface area (Å²) in [5.74, 6) is 2.45. The van der Waals surface area contributed by atoms with Crippen LogP contribution in [0.15, 0.2) is 30.6 Å². The van der Waals surface area contributed by atoms with Crippen molar-refractivity contribution in [1.82, 2.24) is 14.9 Å². The maximum atomic E-state index is 11.4. The number of hydrogen-bond donors (Lipinski definition) is 1. The van der Waals surface area contributed by atoms with Crippen molar-refractivity contribution in [2.45, 2.75) is 13.8 Å². The number of aromatic nitrogens is 2. The molecule has 1 saturated heterocycles. The topological polar surface area (TPSA) is 70.6 Å². The summed E-state index contributed by atoms with van der Waals surface area (Å²) in [6.45, 7) is 6.61. The second-order valence-electron chi connectivity index (χ2n) is 6.08.